The standard InChI is InChI=1S/C51H34N6/c52-35-46-47(40-19-27-53-28-20-40)48(41-21-29-54-30-22-41)49(42-23-31-55-32-24-42)50(43-25-33-56-34-26-43)51(46)57(44-15-11-38(12-16-44)36-7-3-1-4-8-36)45-17-13-39(14-18-45)37-9-5-2-6-10-37/h1-34H. The molecule has 4 heterocycles. The molecule has 268 valence electrons. The van der Waals surface area contributed by atoms with Crippen LogP contribution in [-0.4, -0.2) is 19.9 Å². The average molecular weight is 731 g/mol. The first kappa shape index (κ1) is 34.7. The number of aromatic nitrogens is 4. The second-order valence-electron chi connectivity index (χ2n) is 13.4. The van der Waals surface area contributed by atoms with Crippen molar-refractivity contribution in [3.8, 4) is 72.8 Å². The molecule has 0 aliphatic carbocycles. The van der Waals surface area contributed by atoms with E-state index in [0.29, 0.717) is 5.56 Å². The number of benzene rings is 5. The highest BCUT2D eigenvalue weighted by atomic mass is 15.1. The third-order valence-corrected chi connectivity index (χ3v) is 10.2. The van der Waals surface area contributed by atoms with Crippen molar-refractivity contribution in [2.45, 2.75) is 0 Å². The van der Waals surface area contributed by atoms with E-state index in [-0.39, 0.29) is 0 Å². The van der Waals surface area contributed by atoms with Gasteiger partial charge >= 0.3 is 0 Å². The lowest BCUT2D eigenvalue weighted by Crippen LogP contribution is -2.15. The van der Waals surface area contributed by atoms with Gasteiger partial charge in [-0.3, -0.25) is 19.9 Å². The normalized spacial score (nSPS) is 10.8. The second kappa shape index (κ2) is 15.8. The number of rotatable bonds is 9. The van der Waals surface area contributed by atoms with Crippen LogP contribution in [0, 0.1) is 11.3 Å². The van der Waals surface area contributed by atoms with E-state index in [1.165, 1.54) is 0 Å². The molecule has 0 aliphatic rings. The Morgan fingerprint density at radius 3 is 1.00 bits per heavy atom. The molecule has 0 saturated heterocycles. The Bertz CT molecular complexity index is 2710. The maximum Gasteiger partial charge on any atom is 0.102 e. The van der Waals surface area contributed by atoms with Gasteiger partial charge in [0.2, 0.25) is 0 Å². The zero-order valence-electron chi connectivity index (χ0n) is 30.8. The van der Waals surface area contributed by atoms with Gasteiger partial charge in [0.1, 0.15) is 6.07 Å². The lowest BCUT2D eigenvalue weighted by atomic mass is 9.79. The van der Waals surface area contributed by atoms with Crippen LogP contribution >= 0.6 is 0 Å². The van der Waals surface area contributed by atoms with Crippen molar-refractivity contribution < 1.29 is 0 Å². The van der Waals surface area contributed by atoms with Crippen molar-refractivity contribution in [2.75, 3.05) is 4.90 Å². The summed E-state index contributed by atoms with van der Waals surface area (Å²) in [4.78, 5) is 19.8. The number of nitriles is 1. The van der Waals surface area contributed by atoms with E-state index in [1.807, 2.05) is 73.1 Å². The Morgan fingerprint density at radius 2 is 0.632 bits per heavy atom. The number of anilines is 3. The summed E-state index contributed by atoms with van der Waals surface area (Å²) in [5.41, 5.74) is 14.6. The molecule has 0 N–H and O–H groups in total. The molecule has 0 radical (unpaired) electrons. The fraction of sp³-hybridized carbons (Fsp3) is 0. The molecule has 0 saturated carbocycles. The van der Waals surface area contributed by atoms with Crippen molar-refractivity contribution >= 4 is 17.1 Å². The highest BCUT2D eigenvalue weighted by Crippen LogP contribution is 2.55. The maximum atomic E-state index is 11.7. The van der Waals surface area contributed by atoms with Crippen molar-refractivity contribution in [1.82, 2.24) is 19.9 Å². The molecule has 0 bridgehead atoms. The molecule has 9 rings (SSSR count). The van der Waals surface area contributed by atoms with Crippen LogP contribution in [0.3, 0.4) is 0 Å². The zero-order valence-corrected chi connectivity index (χ0v) is 30.8. The van der Waals surface area contributed by atoms with E-state index in [1.54, 1.807) is 37.2 Å². The molecule has 0 unspecified atom stereocenters. The second-order valence-corrected chi connectivity index (χ2v) is 13.4. The largest absolute Gasteiger partial charge is 0.308 e. The fourth-order valence-electron chi connectivity index (χ4n) is 7.57. The minimum Gasteiger partial charge on any atom is -0.308 e. The van der Waals surface area contributed by atoms with Gasteiger partial charge in [-0.2, -0.15) is 5.26 Å². The summed E-state index contributed by atoms with van der Waals surface area (Å²) in [5, 5.41) is 11.7. The van der Waals surface area contributed by atoms with E-state index in [4.69, 9.17) is 0 Å². The topological polar surface area (TPSA) is 78.6 Å². The van der Waals surface area contributed by atoms with E-state index in [2.05, 4.69) is 128 Å². The fourth-order valence-corrected chi connectivity index (χ4v) is 7.57. The van der Waals surface area contributed by atoms with Crippen LogP contribution in [-0.2, 0) is 0 Å². The van der Waals surface area contributed by atoms with Crippen molar-refractivity contribution in [2.24, 2.45) is 0 Å². The first-order valence-corrected chi connectivity index (χ1v) is 18.7. The number of hydrogen-bond acceptors (Lipinski definition) is 6. The summed E-state index contributed by atoms with van der Waals surface area (Å²) in [6.45, 7) is 0. The van der Waals surface area contributed by atoms with Crippen LogP contribution in [0.4, 0.5) is 17.1 Å². The molecule has 9 aromatic rings. The van der Waals surface area contributed by atoms with Gasteiger partial charge in [0.05, 0.1) is 11.3 Å². The Morgan fingerprint density at radius 1 is 0.316 bits per heavy atom. The zero-order chi connectivity index (χ0) is 38.4. The van der Waals surface area contributed by atoms with E-state index >= 15 is 0 Å². The summed E-state index contributed by atoms with van der Waals surface area (Å²) in [7, 11) is 0. The summed E-state index contributed by atoms with van der Waals surface area (Å²) in [5.74, 6) is 0. The summed E-state index contributed by atoms with van der Waals surface area (Å²) in [6.07, 6.45) is 14.4. The average Bonchev–Trinajstić information content (AvgIpc) is 3.30. The molecule has 5 aromatic carbocycles. The van der Waals surface area contributed by atoms with Gasteiger partial charge in [-0.1, -0.05) is 84.9 Å². The maximum absolute atomic E-state index is 11.7. The lowest BCUT2D eigenvalue weighted by molar-refractivity contribution is 1.26. The molecule has 4 aromatic heterocycles. The minimum atomic E-state index is 0.511. The highest BCUT2D eigenvalue weighted by Gasteiger charge is 2.31. The van der Waals surface area contributed by atoms with Gasteiger partial charge < -0.3 is 4.90 Å². The summed E-state index contributed by atoms with van der Waals surface area (Å²) >= 11 is 0. The van der Waals surface area contributed by atoms with Crippen molar-refractivity contribution in [3.05, 3.63) is 213 Å². The number of nitrogens with zero attached hydrogens (tertiary/aromatic N) is 6. The first-order chi connectivity index (χ1) is 28.3. The molecule has 6 heteroatoms. The van der Waals surface area contributed by atoms with Gasteiger partial charge in [-0.05, 0) is 123 Å². The van der Waals surface area contributed by atoms with Crippen LogP contribution in [0.2, 0.25) is 0 Å². The van der Waals surface area contributed by atoms with Gasteiger partial charge in [-0.15, -0.1) is 0 Å². The molecule has 6 nitrogen and oxygen atoms in total. The van der Waals surface area contributed by atoms with Gasteiger partial charge in [0.15, 0.2) is 0 Å². The Balaban J connectivity index is 1.44. The Kier molecular flexibility index (Phi) is 9.61. The van der Waals surface area contributed by atoms with Gasteiger partial charge in [0, 0.05) is 77.6 Å². The molecular weight excluding hydrogens is 697 g/mol. The molecule has 0 spiro atoms. The Hall–Kier alpha value is -8.01. The molecular formula is C51H34N6. The van der Waals surface area contributed by atoms with E-state index in [0.717, 1.165) is 83.8 Å². The Labute approximate surface area is 331 Å². The minimum absolute atomic E-state index is 0.511. The predicted molar refractivity (Wildman–Crippen MR) is 230 cm³/mol. The monoisotopic (exact) mass is 730 g/mol. The van der Waals surface area contributed by atoms with Crippen LogP contribution in [0.25, 0.3) is 66.8 Å². The summed E-state index contributed by atoms with van der Waals surface area (Å²) in [6, 6.07) is 56.7. The smallest absolute Gasteiger partial charge is 0.102 e. The van der Waals surface area contributed by atoms with Crippen LogP contribution < -0.4 is 4.90 Å². The highest BCUT2D eigenvalue weighted by molar-refractivity contribution is 6.11. The molecule has 0 aliphatic heterocycles. The van der Waals surface area contributed by atoms with Crippen LogP contribution in [0.5, 0.6) is 0 Å². The van der Waals surface area contributed by atoms with E-state index < -0.39 is 0 Å². The third kappa shape index (κ3) is 6.82. The predicted octanol–water partition coefficient (Wildman–Crippen LogP) is 12.6. The third-order valence-electron chi connectivity index (χ3n) is 10.2. The molecule has 0 atom stereocenters. The SMILES string of the molecule is N#Cc1c(-c2ccncc2)c(-c2ccncc2)c(-c2ccncc2)c(-c2ccncc2)c1N(c1ccc(-c2ccccc2)cc1)c1ccc(-c2ccccc2)cc1. The lowest BCUT2D eigenvalue weighted by Gasteiger charge is -2.33. The molecule has 0 amide bonds. The quantitative estimate of drug-likeness (QED) is 0.147. The molecule has 57 heavy (non-hydrogen) atoms. The van der Waals surface area contributed by atoms with Gasteiger partial charge in [0.25, 0.3) is 0 Å². The van der Waals surface area contributed by atoms with Crippen molar-refractivity contribution in [1.29, 1.82) is 5.26 Å². The van der Waals surface area contributed by atoms with Crippen LogP contribution in [0.1, 0.15) is 5.56 Å². The summed E-state index contributed by atoms with van der Waals surface area (Å²) < 4.78 is 0. The van der Waals surface area contributed by atoms with Gasteiger partial charge in [-0.25, -0.2) is 0 Å². The molecule has 0 fully saturated rings. The first-order valence-electron chi connectivity index (χ1n) is 18.7. The number of hydrogen-bond donors (Lipinski definition) is 0. The number of pyridine rings is 4. The van der Waals surface area contributed by atoms with Crippen molar-refractivity contribution in [3.63, 3.8) is 0 Å². The van der Waals surface area contributed by atoms with E-state index in [9.17, 15) is 5.26 Å². The van der Waals surface area contributed by atoms with Crippen LogP contribution in [0.15, 0.2) is 207 Å².